The number of thiocarbonyl (C=S) groups is 1. The molecule has 2 aromatic carbocycles. The van der Waals surface area contributed by atoms with Crippen molar-refractivity contribution in [1.82, 2.24) is 10.3 Å². The molecule has 10 heteroatoms. The van der Waals surface area contributed by atoms with E-state index in [1.54, 1.807) is 18.3 Å². The number of anilines is 2. The fourth-order valence-corrected chi connectivity index (χ4v) is 5.22. The van der Waals surface area contributed by atoms with Gasteiger partial charge in [0.1, 0.15) is 23.3 Å². The second-order valence-corrected chi connectivity index (χ2v) is 10.5. The van der Waals surface area contributed by atoms with E-state index >= 15 is 0 Å². The fraction of sp³-hybridized carbons (Fsp3) is 0.154. The van der Waals surface area contributed by atoms with Crippen molar-refractivity contribution in [3.63, 3.8) is 0 Å². The summed E-state index contributed by atoms with van der Waals surface area (Å²) in [5, 5.41) is 3.84. The van der Waals surface area contributed by atoms with Gasteiger partial charge in [-0.25, -0.2) is 8.42 Å². The molecule has 1 saturated heterocycles. The Kier molecular flexibility index (Phi) is 6.38. The molecule has 4 aromatic rings. The first kappa shape index (κ1) is 23.8. The van der Waals surface area contributed by atoms with Gasteiger partial charge in [-0.15, -0.1) is 0 Å². The molecule has 2 aromatic heterocycles. The summed E-state index contributed by atoms with van der Waals surface area (Å²) in [4.78, 5) is 6.47. The maximum absolute atomic E-state index is 12.0. The van der Waals surface area contributed by atoms with Gasteiger partial charge in [-0.1, -0.05) is 36.4 Å². The van der Waals surface area contributed by atoms with Crippen molar-refractivity contribution in [2.75, 3.05) is 23.0 Å². The van der Waals surface area contributed by atoms with E-state index in [-0.39, 0.29) is 12.1 Å². The molecule has 0 unspecified atom stereocenters. The number of ether oxygens (including phenoxy) is 1. The first-order chi connectivity index (χ1) is 17.3. The minimum absolute atomic E-state index is 0.304. The Balaban J connectivity index is 1.61. The molecule has 36 heavy (non-hydrogen) atoms. The highest BCUT2D eigenvalue weighted by Crippen LogP contribution is 2.44. The summed E-state index contributed by atoms with van der Waals surface area (Å²) in [6.45, 7) is 0. The second kappa shape index (κ2) is 9.63. The summed E-state index contributed by atoms with van der Waals surface area (Å²) in [7, 11) is -2.05. The molecule has 2 N–H and O–H groups in total. The third-order valence-electron chi connectivity index (χ3n) is 5.83. The van der Waals surface area contributed by atoms with E-state index in [1.807, 2.05) is 71.6 Å². The van der Waals surface area contributed by atoms with Gasteiger partial charge in [-0.2, -0.15) is 0 Å². The average Bonchev–Trinajstić information content (AvgIpc) is 3.49. The summed E-state index contributed by atoms with van der Waals surface area (Å²) >= 11 is 5.77. The monoisotopic (exact) mass is 520 g/mol. The van der Waals surface area contributed by atoms with Gasteiger partial charge >= 0.3 is 0 Å². The molecule has 0 amide bonds. The Morgan fingerprint density at radius 1 is 1.06 bits per heavy atom. The molecular weight excluding hydrogens is 496 g/mol. The zero-order valence-electron chi connectivity index (χ0n) is 19.6. The van der Waals surface area contributed by atoms with E-state index in [4.69, 9.17) is 21.4 Å². The third kappa shape index (κ3) is 4.77. The maximum Gasteiger partial charge on any atom is 0.229 e. The van der Waals surface area contributed by atoms with Crippen molar-refractivity contribution in [3.05, 3.63) is 96.5 Å². The summed E-state index contributed by atoms with van der Waals surface area (Å²) in [5.41, 5.74) is 2.74. The minimum Gasteiger partial charge on any atom is -0.495 e. The van der Waals surface area contributed by atoms with E-state index < -0.39 is 10.0 Å². The Morgan fingerprint density at radius 3 is 2.53 bits per heavy atom. The van der Waals surface area contributed by atoms with Crippen LogP contribution in [0, 0.1) is 0 Å². The summed E-state index contributed by atoms with van der Waals surface area (Å²) in [6, 6.07) is 24.0. The van der Waals surface area contributed by atoms with Crippen LogP contribution in [-0.2, 0) is 10.0 Å². The fourth-order valence-electron chi connectivity index (χ4n) is 4.32. The van der Waals surface area contributed by atoms with Crippen LogP contribution in [0.2, 0.25) is 0 Å². The lowest BCUT2D eigenvalue weighted by molar-refractivity contribution is 0.416. The Bertz CT molecular complexity index is 1490. The number of nitrogens with zero attached hydrogens (tertiary/aromatic N) is 2. The maximum atomic E-state index is 12.0. The first-order valence-electron chi connectivity index (χ1n) is 11.2. The van der Waals surface area contributed by atoms with Gasteiger partial charge in [0.25, 0.3) is 0 Å². The van der Waals surface area contributed by atoms with Gasteiger partial charge in [-0.05, 0) is 54.7 Å². The molecule has 3 heterocycles. The molecule has 0 radical (unpaired) electrons. The van der Waals surface area contributed by atoms with E-state index in [2.05, 4.69) is 15.0 Å². The van der Waals surface area contributed by atoms with E-state index in [0.29, 0.717) is 28.0 Å². The molecule has 184 valence electrons. The van der Waals surface area contributed by atoms with E-state index in [1.165, 1.54) is 7.11 Å². The quantitative estimate of drug-likeness (QED) is 0.332. The smallest absolute Gasteiger partial charge is 0.229 e. The Morgan fingerprint density at radius 2 is 1.83 bits per heavy atom. The van der Waals surface area contributed by atoms with Crippen LogP contribution in [0.25, 0.3) is 11.3 Å². The van der Waals surface area contributed by atoms with Gasteiger partial charge in [0, 0.05) is 17.4 Å². The molecule has 8 nitrogen and oxygen atoms in total. The van der Waals surface area contributed by atoms with Crippen molar-refractivity contribution in [2.24, 2.45) is 0 Å². The molecule has 0 bridgehead atoms. The number of methoxy groups -OCH3 is 1. The highest BCUT2D eigenvalue weighted by molar-refractivity contribution is 7.92. The molecule has 2 atom stereocenters. The van der Waals surface area contributed by atoms with Crippen LogP contribution in [0.1, 0.15) is 23.5 Å². The lowest BCUT2D eigenvalue weighted by Crippen LogP contribution is -2.29. The minimum atomic E-state index is -3.54. The Hall–Kier alpha value is -3.89. The zero-order chi connectivity index (χ0) is 25.3. The normalized spacial score (nSPS) is 17.6. The van der Waals surface area contributed by atoms with Crippen LogP contribution < -0.4 is 19.7 Å². The van der Waals surface area contributed by atoms with Crippen LogP contribution in [-0.4, -0.2) is 31.9 Å². The van der Waals surface area contributed by atoms with Gasteiger partial charge in [-0.3, -0.25) is 9.71 Å². The number of furan rings is 1. The largest absolute Gasteiger partial charge is 0.495 e. The molecule has 0 spiro atoms. The van der Waals surface area contributed by atoms with Crippen LogP contribution in [0.3, 0.4) is 0 Å². The summed E-state index contributed by atoms with van der Waals surface area (Å²) in [6.07, 6.45) is 2.83. The molecule has 1 aliphatic rings. The average molecular weight is 521 g/mol. The van der Waals surface area contributed by atoms with Gasteiger partial charge in [0.15, 0.2) is 5.11 Å². The van der Waals surface area contributed by atoms with Crippen LogP contribution >= 0.6 is 12.2 Å². The predicted molar refractivity (Wildman–Crippen MR) is 144 cm³/mol. The van der Waals surface area contributed by atoms with Crippen molar-refractivity contribution in [3.8, 4) is 17.1 Å². The summed E-state index contributed by atoms with van der Waals surface area (Å²) < 4.78 is 38.2. The number of sulfonamides is 1. The number of pyridine rings is 1. The van der Waals surface area contributed by atoms with Crippen LogP contribution in [0.4, 0.5) is 11.4 Å². The van der Waals surface area contributed by atoms with Gasteiger partial charge in [0.05, 0.1) is 30.8 Å². The Labute approximate surface area is 215 Å². The highest BCUT2D eigenvalue weighted by Gasteiger charge is 2.42. The van der Waals surface area contributed by atoms with Crippen LogP contribution in [0.5, 0.6) is 5.75 Å². The van der Waals surface area contributed by atoms with Gasteiger partial charge in [0.2, 0.25) is 10.0 Å². The van der Waals surface area contributed by atoms with Crippen LogP contribution in [0.15, 0.2) is 89.5 Å². The van der Waals surface area contributed by atoms with Crippen molar-refractivity contribution >= 4 is 38.7 Å². The van der Waals surface area contributed by atoms with Gasteiger partial charge < -0.3 is 19.4 Å². The zero-order valence-corrected chi connectivity index (χ0v) is 21.2. The number of hydrogen-bond acceptors (Lipinski definition) is 6. The molecule has 5 rings (SSSR count). The molecule has 0 saturated carbocycles. The van der Waals surface area contributed by atoms with E-state index in [9.17, 15) is 8.42 Å². The molecule has 1 aliphatic heterocycles. The third-order valence-corrected chi connectivity index (χ3v) is 6.74. The lowest BCUT2D eigenvalue weighted by Gasteiger charge is -2.27. The first-order valence-corrected chi connectivity index (χ1v) is 13.5. The molecular formula is C26H24N4O4S2. The summed E-state index contributed by atoms with van der Waals surface area (Å²) in [5.74, 6) is 1.81. The topological polar surface area (TPSA) is 96.7 Å². The molecule has 1 fully saturated rings. The van der Waals surface area contributed by atoms with Crippen molar-refractivity contribution < 1.29 is 17.6 Å². The van der Waals surface area contributed by atoms with Crippen molar-refractivity contribution in [2.45, 2.75) is 12.1 Å². The SMILES string of the molecule is COc1ccc(N2C(=S)N[C@@H](c3ccccn3)[C@H]2c2ccc(-c3ccccc3)o2)cc1NS(C)(=O)=O. The standard InChI is InChI=1S/C26H24N4O4S2/c1-33-22-12-11-18(16-20(22)29-36(2,31)32)30-25(24(28-26(30)35)19-10-6-7-15-27-19)23-14-13-21(34-23)17-8-4-3-5-9-17/h3-16,24-25,29H,1-2H3,(H,28,35)/t24-,25+/m0/s1. The highest BCUT2D eigenvalue weighted by atomic mass is 32.2. The van der Waals surface area contributed by atoms with E-state index in [0.717, 1.165) is 23.3 Å². The second-order valence-electron chi connectivity index (χ2n) is 8.32. The number of nitrogens with one attached hydrogen (secondary N) is 2. The van der Waals surface area contributed by atoms with Crippen molar-refractivity contribution in [1.29, 1.82) is 0 Å². The number of rotatable bonds is 7. The number of benzene rings is 2. The molecule has 0 aliphatic carbocycles. The predicted octanol–water partition coefficient (Wildman–Crippen LogP) is 4.90. The lowest BCUT2D eigenvalue weighted by atomic mass is 10.0. The number of hydrogen-bond donors (Lipinski definition) is 2. The number of aromatic nitrogens is 1.